The molecule has 0 amide bonds. The molecule has 22 heterocycles. The zero-order chi connectivity index (χ0) is 87.0. The molecule has 37 nitrogen and oxygen atoms in total. The number of hydrogen-bond acceptors (Lipinski definition) is 32. The van der Waals surface area contributed by atoms with Crippen molar-refractivity contribution in [2.75, 3.05) is 133 Å². The number of nitrogens with one attached hydrogen (secondary N) is 2. The Morgan fingerprint density at radius 1 is 0.424 bits per heavy atom. The Balaban J connectivity index is 0.000000106. The van der Waals surface area contributed by atoms with Gasteiger partial charge in [0.1, 0.15) is 67.1 Å². The second-order valence-corrected chi connectivity index (χ2v) is 36.7. The molecular weight excluding hydrogens is 1890 g/mol. The number of anilines is 10. The maximum absolute atomic E-state index is 6.29. The van der Waals surface area contributed by atoms with E-state index in [0.717, 1.165) is 285 Å². The first kappa shape index (κ1) is 86.4. The SMILES string of the molecule is CCc1cnn2c(N)c(Br)c(N3CC[C@H](N)C3)nc12.CCc1cnn2c(N)cc(N3CC[C@H](N)C3)nc12.Cn1cc(-c2cnn3c(N)c(Br)c(C4CCCNC4)nc23)cn1.Nc1c(Br)c(C2CCCNC2)nc2c(-c3ccoc3)cnn12.Nc1c(Br)c(N2CC[C@H](N)C2)nc2c(-c3ccsc3)cnn12.Nc1cc(N2CC[C@H](N)C2)nc2c(-c3ccsc3)cnn12. The molecule has 654 valence electrons. The second kappa shape index (κ2) is 37.5. The van der Waals surface area contributed by atoms with Crippen molar-refractivity contribution in [2.24, 2.45) is 30.0 Å². The minimum Gasteiger partial charge on any atom is -0.472 e. The number of rotatable bonds is 12. The molecule has 0 aromatic carbocycles. The average molecular weight is 1990 g/mol. The Morgan fingerprint density at radius 2 is 0.808 bits per heavy atom. The van der Waals surface area contributed by atoms with Crippen molar-refractivity contribution in [1.82, 2.24) is 108 Å². The van der Waals surface area contributed by atoms with Crippen LogP contribution in [-0.4, -0.2) is 200 Å². The van der Waals surface area contributed by atoms with Gasteiger partial charge in [-0.15, -0.1) is 0 Å². The lowest BCUT2D eigenvalue weighted by Gasteiger charge is -2.23. The van der Waals surface area contributed by atoms with Gasteiger partial charge in [-0.05, 0) is 192 Å². The van der Waals surface area contributed by atoms with Crippen LogP contribution in [0.15, 0.2) is 136 Å². The van der Waals surface area contributed by atoms with E-state index >= 15 is 0 Å². The van der Waals surface area contributed by atoms with Crippen LogP contribution in [0.4, 0.5) is 58.2 Å². The van der Waals surface area contributed by atoms with E-state index in [-0.39, 0.29) is 24.2 Å². The molecule has 22 N–H and O–H groups in total. The summed E-state index contributed by atoms with van der Waals surface area (Å²) in [4.78, 5) is 37.5. The molecule has 6 aliphatic rings. The summed E-state index contributed by atoms with van der Waals surface area (Å²) in [5, 5.41) is 45.4. The molecule has 16 aromatic heterocycles. The zero-order valence-electron chi connectivity index (χ0n) is 69.2. The maximum atomic E-state index is 6.29. The van der Waals surface area contributed by atoms with E-state index in [0.29, 0.717) is 46.7 Å². The quantitative estimate of drug-likeness (QED) is 0.0541. The van der Waals surface area contributed by atoms with E-state index in [1.807, 2.05) is 73.2 Å². The number of halogens is 4. The van der Waals surface area contributed by atoms with E-state index in [1.165, 1.54) is 0 Å². The number of thiophene rings is 2. The second-order valence-electron chi connectivity index (χ2n) is 31.9. The Morgan fingerprint density at radius 3 is 1.22 bits per heavy atom. The number of piperidine rings is 2. The molecule has 0 saturated carbocycles. The number of nitrogen functional groups attached to an aromatic ring is 6. The Kier molecular flexibility index (Phi) is 25.9. The monoisotopic (exact) mass is 1980 g/mol. The molecule has 2 unspecified atom stereocenters. The van der Waals surface area contributed by atoms with Gasteiger partial charge in [-0.3, -0.25) is 4.68 Å². The van der Waals surface area contributed by atoms with E-state index in [2.05, 4.69) is 171 Å². The van der Waals surface area contributed by atoms with Gasteiger partial charge in [-0.25, -0.2) is 29.9 Å². The third kappa shape index (κ3) is 17.7. The summed E-state index contributed by atoms with van der Waals surface area (Å²) in [7, 11) is 1.90. The molecule has 0 bridgehead atoms. The van der Waals surface area contributed by atoms with Crippen molar-refractivity contribution in [2.45, 2.75) is 114 Å². The standard InChI is InChI=1S/C15H18BrN7.C15H16BrN5O.C14H15BrN6S.C14H16N6S.C12H17BrN6.C12H18N6/c1-22-8-10(6-19-22)11-7-20-23-14(17)12(16)13(21-15(11)23)9-3-2-4-18-5-9;16-12-13(9-2-1-4-18-6-9)20-15-11(10-3-5-22-8-10)7-19-21(15)14(12)17;15-11-12(17)21-13(10(5-18-21)8-2-4-22-7-8)19-14(11)20-3-1-9(16)6-20;15-10-1-3-19(7-10)13-5-12(16)20-14(18-13)11(6-17-20)9-2-4-21-8-9;1-2-7-5-16-19-10(15)9(13)12(17-11(7)19)18-4-3-8(14)6-18;1-2-8-6-15-18-10(14)5-11(16-12(8)18)17-4-3-9(13)7-17/h6-9,18H,2-5,17H2,1H3;3,5,7-9,18H,1-2,4,6,17H2;2,4-5,7,9H,1,3,6,16-17H2;2,4-6,8,10H,1,3,7,15-16H2;5,8H,2-4,6,14-15H2,1H3;5-6,9H,2-4,7,13-14H2,1H3/t;;9-;10-;8-;9-/m..0000/s1. The van der Waals surface area contributed by atoms with Crippen LogP contribution < -0.4 is 87.6 Å². The predicted octanol–water partition coefficient (Wildman–Crippen LogP) is 10.2. The lowest BCUT2D eigenvalue weighted by molar-refractivity contribution is 0.453. The van der Waals surface area contributed by atoms with Gasteiger partial charge in [0.05, 0.1) is 76.2 Å². The molecule has 125 heavy (non-hydrogen) atoms. The van der Waals surface area contributed by atoms with Gasteiger partial charge in [-0.1, -0.05) is 13.8 Å². The number of hydrogen-bond donors (Lipinski definition) is 12. The van der Waals surface area contributed by atoms with Crippen molar-refractivity contribution in [3.8, 4) is 44.5 Å². The van der Waals surface area contributed by atoms with Crippen molar-refractivity contribution in [3.05, 3.63) is 154 Å². The predicted molar refractivity (Wildman–Crippen MR) is 509 cm³/mol. The highest BCUT2D eigenvalue weighted by molar-refractivity contribution is 9.11. The molecule has 0 spiro atoms. The third-order valence-electron chi connectivity index (χ3n) is 23.4. The Bertz CT molecular complexity index is 6340. The molecule has 0 aliphatic carbocycles. The van der Waals surface area contributed by atoms with Crippen LogP contribution in [0.1, 0.15) is 99.6 Å². The van der Waals surface area contributed by atoms with E-state index in [1.54, 1.807) is 79.4 Å². The van der Waals surface area contributed by atoms with Crippen molar-refractivity contribution < 1.29 is 4.42 Å². The maximum Gasteiger partial charge on any atom is 0.167 e. The number of furan rings is 1. The third-order valence-corrected chi connectivity index (χ3v) is 27.9. The highest BCUT2D eigenvalue weighted by atomic mass is 79.9. The van der Waals surface area contributed by atoms with Gasteiger partial charge >= 0.3 is 0 Å². The smallest absolute Gasteiger partial charge is 0.167 e. The Labute approximate surface area is 760 Å². The van der Waals surface area contributed by atoms with Gasteiger partial charge < -0.3 is 92.0 Å². The number of nitrogens with two attached hydrogens (primary N) is 10. The largest absolute Gasteiger partial charge is 0.472 e. The molecular formula is C82H100Br4N36OS2. The number of aromatic nitrogens is 20. The van der Waals surface area contributed by atoms with Crippen molar-refractivity contribution >= 4 is 178 Å². The average Bonchev–Trinajstić information content (AvgIpc) is 1.63. The first-order chi connectivity index (χ1) is 60.6. The van der Waals surface area contributed by atoms with Crippen LogP contribution in [0, 0.1) is 0 Å². The zero-order valence-corrected chi connectivity index (χ0v) is 77.2. The molecule has 6 atom stereocenters. The molecule has 6 fully saturated rings. The summed E-state index contributed by atoms with van der Waals surface area (Å²) in [5.41, 5.74) is 78.1. The minimum absolute atomic E-state index is 0.187. The van der Waals surface area contributed by atoms with Gasteiger partial charge in [-0.2, -0.15) is 85.5 Å². The molecule has 6 aliphatic heterocycles. The van der Waals surface area contributed by atoms with E-state index in [9.17, 15) is 0 Å². The van der Waals surface area contributed by atoms with Gasteiger partial charge in [0.25, 0.3) is 0 Å². The van der Waals surface area contributed by atoms with Crippen LogP contribution >= 0.6 is 86.4 Å². The van der Waals surface area contributed by atoms with Gasteiger partial charge in [0.15, 0.2) is 33.9 Å². The molecule has 0 radical (unpaired) electrons. The minimum atomic E-state index is 0.187. The summed E-state index contributed by atoms with van der Waals surface area (Å²) in [6.07, 6.45) is 28.2. The Hall–Kier alpha value is -10.7. The highest BCUT2D eigenvalue weighted by Crippen LogP contribution is 2.41. The van der Waals surface area contributed by atoms with Crippen LogP contribution in [0.3, 0.4) is 0 Å². The fourth-order valence-electron chi connectivity index (χ4n) is 16.6. The molecule has 16 aromatic rings. The van der Waals surface area contributed by atoms with Crippen LogP contribution in [-0.2, 0) is 19.9 Å². The number of nitrogens with zero attached hydrogens (tertiary/aromatic N) is 24. The summed E-state index contributed by atoms with van der Waals surface area (Å²) in [6.45, 7) is 15.1. The molecule has 6 saturated heterocycles. The summed E-state index contributed by atoms with van der Waals surface area (Å²) in [6, 6.07) is 10.6. The van der Waals surface area contributed by atoms with Gasteiger partial charge in [0, 0.05) is 171 Å². The lowest BCUT2D eigenvalue weighted by Crippen LogP contribution is -2.29. The first-order valence-corrected chi connectivity index (χ1v) is 46.7. The van der Waals surface area contributed by atoms with Gasteiger partial charge in [0.2, 0.25) is 0 Å². The number of aryl methyl sites for hydroxylation is 3. The van der Waals surface area contributed by atoms with E-state index in [4.69, 9.17) is 86.7 Å². The highest BCUT2D eigenvalue weighted by Gasteiger charge is 2.32. The lowest BCUT2D eigenvalue weighted by atomic mass is 9.96. The van der Waals surface area contributed by atoms with Crippen molar-refractivity contribution in [3.63, 3.8) is 0 Å². The summed E-state index contributed by atoms with van der Waals surface area (Å²) in [5.74, 6) is 7.75. The summed E-state index contributed by atoms with van der Waals surface area (Å²) >= 11 is 17.6. The first-order valence-electron chi connectivity index (χ1n) is 41.6. The van der Waals surface area contributed by atoms with Crippen LogP contribution in [0.25, 0.3) is 78.4 Å². The number of fused-ring (bicyclic) bond motifs is 6. The molecule has 22 rings (SSSR count). The normalized spacial score (nSPS) is 19.0. The van der Waals surface area contributed by atoms with Crippen LogP contribution in [0.2, 0.25) is 0 Å². The van der Waals surface area contributed by atoms with Crippen molar-refractivity contribution in [1.29, 1.82) is 0 Å². The van der Waals surface area contributed by atoms with Crippen LogP contribution in [0.5, 0.6) is 0 Å². The molecule has 43 heteroatoms. The fourth-order valence-corrected chi connectivity index (χ4v) is 20.0. The fraction of sp³-hybridized carbons (Fsp3) is 0.378. The topological polar surface area (TPSA) is 509 Å². The van der Waals surface area contributed by atoms with E-state index < -0.39 is 0 Å². The summed E-state index contributed by atoms with van der Waals surface area (Å²) < 4.78 is 20.3.